The summed E-state index contributed by atoms with van der Waals surface area (Å²) in [5, 5.41) is 10.5. The van der Waals surface area contributed by atoms with Crippen LogP contribution in [0.2, 0.25) is 0 Å². The summed E-state index contributed by atoms with van der Waals surface area (Å²) in [6.45, 7) is 8.71. The Morgan fingerprint density at radius 2 is 1.81 bits per heavy atom. The Kier molecular flexibility index (Phi) is 2.83. The Morgan fingerprint density at radius 1 is 1.19 bits per heavy atom. The topological polar surface area (TPSA) is 20.2 Å². The van der Waals surface area contributed by atoms with Crippen LogP contribution in [0.25, 0.3) is 0 Å². The minimum atomic E-state index is -0.548. The molecule has 1 aromatic rings. The van der Waals surface area contributed by atoms with Crippen LogP contribution in [0.15, 0.2) is 18.2 Å². The molecule has 0 bridgehead atoms. The molecule has 1 aromatic carbocycles. The molecule has 1 heteroatoms. The van der Waals surface area contributed by atoms with Crippen molar-refractivity contribution >= 4 is 0 Å². The molecule has 0 heterocycles. The molecule has 0 atom stereocenters. The quantitative estimate of drug-likeness (QED) is 0.804. The minimum Gasteiger partial charge on any atom is -0.385 e. The van der Waals surface area contributed by atoms with Crippen LogP contribution >= 0.6 is 0 Å². The average molecular weight is 218 g/mol. The van der Waals surface area contributed by atoms with E-state index in [-0.39, 0.29) is 0 Å². The van der Waals surface area contributed by atoms with E-state index in [4.69, 9.17) is 0 Å². The maximum absolute atomic E-state index is 10.5. The normalized spacial score (nSPS) is 29.2. The molecule has 0 unspecified atom stereocenters. The van der Waals surface area contributed by atoms with E-state index in [0.29, 0.717) is 11.8 Å². The Bertz CT molecular complexity index is 386. The number of hydrogen-bond donors (Lipinski definition) is 1. The highest BCUT2D eigenvalue weighted by Crippen LogP contribution is 2.48. The Balaban J connectivity index is 2.17. The summed E-state index contributed by atoms with van der Waals surface area (Å²) >= 11 is 0. The molecule has 0 saturated heterocycles. The molecule has 1 nitrogen and oxygen atoms in total. The van der Waals surface area contributed by atoms with E-state index in [1.165, 1.54) is 11.1 Å². The fourth-order valence-electron chi connectivity index (χ4n) is 2.55. The maximum Gasteiger partial charge on any atom is 0.0902 e. The van der Waals surface area contributed by atoms with Gasteiger partial charge in [-0.1, -0.05) is 32.0 Å². The van der Waals surface area contributed by atoms with Gasteiger partial charge in [0.05, 0.1) is 5.60 Å². The van der Waals surface area contributed by atoms with Gasteiger partial charge in [-0.15, -0.1) is 0 Å². The number of rotatable bonds is 2. The second-order valence-corrected chi connectivity index (χ2v) is 5.74. The third-order valence-corrected chi connectivity index (χ3v) is 4.19. The van der Waals surface area contributed by atoms with Crippen molar-refractivity contribution in [3.05, 3.63) is 34.9 Å². The highest BCUT2D eigenvalue weighted by Gasteiger charge is 2.44. The van der Waals surface area contributed by atoms with Gasteiger partial charge in [0.1, 0.15) is 0 Å². The van der Waals surface area contributed by atoms with Gasteiger partial charge in [0.25, 0.3) is 0 Å². The first-order valence-corrected chi connectivity index (χ1v) is 6.22. The highest BCUT2D eigenvalue weighted by molar-refractivity contribution is 5.34. The lowest BCUT2D eigenvalue weighted by Crippen LogP contribution is -2.43. The summed E-state index contributed by atoms with van der Waals surface area (Å²) in [5.41, 5.74) is 3.13. The molecule has 0 spiro atoms. The summed E-state index contributed by atoms with van der Waals surface area (Å²) < 4.78 is 0. The zero-order valence-corrected chi connectivity index (χ0v) is 10.7. The Hall–Kier alpha value is -0.820. The SMILES string of the molecule is Cc1ccc(C2(O)CC(C(C)C)C2)cc1C. The zero-order valence-electron chi connectivity index (χ0n) is 10.7. The molecule has 1 aliphatic rings. The van der Waals surface area contributed by atoms with Crippen molar-refractivity contribution in [3.8, 4) is 0 Å². The first kappa shape index (κ1) is 11.7. The van der Waals surface area contributed by atoms with Crippen molar-refractivity contribution in [3.63, 3.8) is 0 Å². The Morgan fingerprint density at radius 3 is 2.31 bits per heavy atom. The number of hydrogen-bond acceptors (Lipinski definition) is 1. The van der Waals surface area contributed by atoms with Gasteiger partial charge in [-0.3, -0.25) is 0 Å². The smallest absolute Gasteiger partial charge is 0.0902 e. The van der Waals surface area contributed by atoms with Crippen LogP contribution in [-0.2, 0) is 5.60 Å². The van der Waals surface area contributed by atoms with Crippen molar-refractivity contribution < 1.29 is 5.11 Å². The predicted molar refractivity (Wildman–Crippen MR) is 67.4 cm³/mol. The summed E-state index contributed by atoms with van der Waals surface area (Å²) in [6, 6.07) is 6.34. The van der Waals surface area contributed by atoms with Crippen LogP contribution in [0.4, 0.5) is 0 Å². The predicted octanol–water partition coefficient (Wildman–Crippen LogP) is 3.56. The first-order valence-electron chi connectivity index (χ1n) is 6.22. The molecule has 0 aromatic heterocycles. The Labute approximate surface area is 98.5 Å². The summed E-state index contributed by atoms with van der Waals surface area (Å²) in [6.07, 6.45) is 1.85. The van der Waals surface area contributed by atoms with Gasteiger partial charge in [0, 0.05) is 0 Å². The largest absolute Gasteiger partial charge is 0.385 e. The third-order valence-electron chi connectivity index (χ3n) is 4.19. The molecule has 0 amide bonds. The molecule has 1 saturated carbocycles. The van der Waals surface area contributed by atoms with Crippen molar-refractivity contribution in [1.82, 2.24) is 0 Å². The maximum atomic E-state index is 10.5. The van der Waals surface area contributed by atoms with Crippen LogP contribution in [0.5, 0.6) is 0 Å². The van der Waals surface area contributed by atoms with Crippen LogP contribution in [0.1, 0.15) is 43.4 Å². The molecule has 1 aliphatic carbocycles. The highest BCUT2D eigenvalue weighted by atomic mass is 16.3. The molecular weight excluding hydrogens is 196 g/mol. The zero-order chi connectivity index (χ0) is 11.9. The van der Waals surface area contributed by atoms with Gasteiger partial charge in [-0.05, 0) is 55.2 Å². The summed E-state index contributed by atoms with van der Waals surface area (Å²) in [4.78, 5) is 0. The van der Waals surface area contributed by atoms with Gasteiger partial charge in [0.2, 0.25) is 0 Å². The van der Waals surface area contributed by atoms with Crippen LogP contribution in [0.3, 0.4) is 0 Å². The van der Waals surface area contributed by atoms with E-state index < -0.39 is 5.60 Å². The number of aryl methyl sites for hydroxylation is 2. The van der Waals surface area contributed by atoms with Gasteiger partial charge in [-0.25, -0.2) is 0 Å². The van der Waals surface area contributed by atoms with E-state index in [9.17, 15) is 5.11 Å². The summed E-state index contributed by atoms with van der Waals surface area (Å²) in [5.74, 6) is 1.37. The van der Waals surface area contributed by atoms with Gasteiger partial charge >= 0.3 is 0 Å². The van der Waals surface area contributed by atoms with E-state index in [0.717, 1.165) is 18.4 Å². The molecule has 16 heavy (non-hydrogen) atoms. The molecule has 0 radical (unpaired) electrons. The van der Waals surface area contributed by atoms with Crippen molar-refractivity contribution in [2.45, 2.75) is 46.1 Å². The molecule has 0 aliphatic heterocycles. The van der Waals surface area contributed by atoms with Crippen molar-refractivity contribution in [1.29, 1.82) is 0 Å². The van der Waals surface area contributed by atoms with E-state index in [2.05, 4.69) is 45.9 Å². The molecule has 88 valence electrons. The monoisotopic (exact) mass is 218 g/mol. The second kappa shape index (κ2) is 3.89. The van der Waals surface area contributed by atoms with Gasteiger partial charge in [-0.2, -0.15) is 0 Å². The number of benzene rings is 1. The van der Waals surface area contributed by atoms with E-state index in [1.807, 2.05) is 0 Å². The van der Waals surface area contributed by atoms with Crippen LogP contribution < -0.4 is 0 Å². The molecule has 1 fully saturated rings. The first-order chi connectivity index (χ1) is 7.42. The van der Waals surface area contributed by atoms with Gasteiger partial charge < -0.3 is 5.11 Å². The lowest BCUT2D eigenvalue weighted by Gasteiger charge is -2.46. The second-order valence-electron chi connectivity index (χ2n) is 5.74. The molecule has 2 rings (SSSR count). The minimum absolute atomic E-state index is 0.548. The van der Waals surface area contributed by atoms with Gasteiger partial charge in [0.15, 0.2) is 0 Å². The van der Waals surface area contributed by atoms with E-state index >= 15 is 0 Å². The summed E-state index contributed by atoms with van der Waals surface area (Å²) in [7, 11) is 0. The van der Waals surface area contributed by atoms with E-state index in [1.54, 1.807) is 0 Å². The molecule has 1 N–H and O–H groups in total. The fourth-order valence-corrected chi connectivity index (χ4v) is 2.55. The van der Waals surface area contributed by atoms with Crippen molar-refractivity contribution in [2.24, 2.45) is 11.8 Å². The lowest BCUT2D eigenvalue weighted by atomic mass is 9.63. The van der Waals surface area contributed by atoms with Crippen molar-refractivity contribution in [2.75, 3.05) is 0 Å². The van der Waals surface area contributed by atoms with Crippen LogP contribution in [-0.4, -0.2) is 5.11 Å². The standard InChI is InChI=1S/C15H22O/c1-10(2)13-8-15(16,9-13)14-6-5-11(3)12(4)7-14/h5-7,10,13,16H,8-9H2,1-4H3. The third kappa shape index (κ3) is 1.89. The molecular formula is C15H22O. The lowest BCUT2D eigenvalue weighted by molar-refractivity contribution is -0.0934. The fraction of sp³-hybridized carbons (Fsp3) is 0.600. The van der Waals surface area contributed by atoms with Crippen LogP contribution in [0, 0.1) is 25.7 Å². The average Bonchev–Trinajstić information content (AvgIpc) is 2.17. The number of aliphatic hydroxyl groups is 1.